The van der Waals surface area contributed by atoms with Crippen molar-refractivity contribution in [2.75, 3.05) is 14.1 Å². The minimum absolute atomic E-state index is 0.0311. The lowest BCUT2D eigenvalue weighted by Crippen LogP contribution is -2.22. The summed E-state index contributed by atoms with van der Waals surface area (Å²) >= 11 is 0. The number of carbonyl (C=O) groups excluding carboxylic acids is 1. The molecule has 3 aromatic rings. The Bertz CT molecular complexity index is 1110. The number of carbonyl (C=O) groups is 1. The van der Waals surface area contributed by atoms with Gasteiger partial charge in [-0.2, -0.15) is 0 Å². The van der Waals surface area contributed by atoms with E-state index in [2.05, 4.69) is 9.97 Å². The molecular weight excluding hydrogens is 366 g/mol. The van der Waals surface area contributed by atoms with Gasteiger partial charge >= 0.3 is 5.97 Å². The molecule has 0 fully saturated rings. The molecule has 2 aromatic carbocycles. The van der Waals surface area contributed by atoms with Crippen LogP contribution in [-0.2, 0) is 21.4 Å². The van der Waals surface area contributed by atoms with Crippen LogP contribution in [0.25, 0.3) is 11.0 Å². The topological polar surface area (TPSA) is 89.5 Å². The molecule has 3 rings (SSSR count). The van der Waals surface area contributed by atoms with Gasteiger partial charge in [-0.1, -0.05) is 18.2 Å². The minimum Gasteiger partial charge on any atom is -0.456 e. The first-order valence-corrected chi connectivity index (χ1v) is 9.65. The molecule has 1 aromatic heterocycles. The Hall–Kier alpha value is -2.84. The number of aryl methyl sites for hydroxylation is 1. The van der Waals surface area contributed by atoms with Gasteiger partial charge in [0, 0.05) is 14.1 Å². The van der Waals surface area contributed by atoms with E-state index in [1.54, 1.807) is 6.92 Å². The summed E-state index contributed by atoms with van der Waals surface area (Å²) in [6, 6.07) is 13.2. The molecule has 0 saturated carbocycles. The summed E-state index contributed by atoms with van der Waals surface area (Å²) in [6.07, 6.45) is 0. The van der Waals surface area contributed by atoms with Crippen LogP contribution in [0.3, 0.4) is 0 Å². The number of aromatic nitrogens is 2. The molecule has 0 aliphatic rings. The smallest absolute Gasteiger partial charge is 0.338 e. The van der Waals surface area contributed by atoms with Crippen LogP contribution in [0.4, 0.5) is 0 Å². The van der Waals surface area contributed by atoms with Crippen LogP contribution < -0.4 is 0 Å². The van der Waals surface area contributed by atoms with Crippen LogP contribution in [0.15, 0.2) is 53.4 Å². The van der Waals surface area contributed by atoms with Crippen LogP contribution in [0.1, 0.15) is 21.7 Å². The monoisotopic (exact) mass is 385 g/mol. The number of hydrogen-bond donors (Lipinski definition) is 0. The highest BCUT2D eigenvalue weighted by atomic mass is 32.2. The second kappa shape index (κ2) is 7.42. The quantitative estimate of drug-likeness (QED) is 0.627. The molecule has 1 heterocycles. The van der Waals surface area contributed by atoms with Crippen molar-refractivity contribution in [1.29, 1.82) is 0 Å². The highest BCUT2D eigenvalue weighted by Crippen LogP contribution is 2.17. The Morgan fingerprint density at radius 2 is 1.70 bits per heavy atom. The Kier molecular flexibility index (Phi) is 5.20. The number of para-hydroxylation sites is 2. The van der Waals surface area contributed by atoms with Crippen molar-refractivity contribution in [3.05, 3.63) is 65.5 Å². The maximum Gasteiger partial charge on any atom is 0.338 e. The van der Waals surface area contributed by atoms with Gasteiger partial charge in [0.2, 0.25) is 10.0 Å². The molecule has 0 N–H and O–H groups in total. The van der Waals surface area contributed by atoms with Gasteiger partial charge in [-0.05, 0) is 37.3 Å². The number of fused-ring (bicyclic) bond motifs is 1. The molecule has 0 radical (unpaired) electrons. The Balaban J connectivity index is 1.80. The molecule has 0 spiro atoms. The van der Waals surface area contributed by atoms with Crippen molar-refractivity contribution in [2.45, 2.75) is 18.4 Å². The van der Waals surface area contributed by atoms with Gasteiger partial charge in [-0.25, -0.2) is 27.5 Å². The fourth-order valence-corrected chi connectivity index (χ4v) is 3.42. The van der Waals surface area contributed by atoms with Gasteiger partial charge in [-0.15, -0.1) is 0 Å². The van der Waals surface area contributed by atoms with Crippen molar-refractivity contribution >= 4 is 27.0 Å². The van der Waals surface area contributed by atoms with E-state index >= 15 is 0 Å². The van der Waals surface area contributed by atoms with Crippen molar-refractivity contribution in [3.63, 3.8) is 0 Å². The summed E-state index contributed by atoms with van der Waals surface area (Å²) in [5.74, 6) is -0.625. The van der Waals surface area contributed by atoms with Crippen LogP contribution in [-0.4, -0.2) is 42.8 Å². The highest BCUT2D eigenvalue weighted by Gasteiger charge is 2.19. The molecule has 0 atom stereocenters. The first-order chi connectivity index (χ1) is 12.8. The maximum absolute atomic E-state index is 12.4. The van der Waals surface area contributed by atoms with E-state index in [1.165, 1.54) is 38.4 Å². The van der Waals surface area contributed by atoms with E-state index in [4.69, 9.17) is 4.74 Å². The Morgan fingerprint density at radius 1 is 1.04 bits per heavy atom. The number of rotatable bonds is 5. The number of esters is 1. The van der Waals surface area contributed by atoms with E-state index in [1.807, 2.05) is 24.3 Å². The Labute approximate surface area is 157 Å². The Morgan fingerprint density at radius 3 is 2.37 bits per heavy atom. The SMILES string of the molecule is Cc1nc2ccccc2nc1COC(=O)c1cccc(S(=O)(=O)N(C)C)c1. The van der Waals surface area contributed by atoms with E-state index in [0.717, 1.165) is 9.82 Å². The zero-order valence-electron chi connectivity index (χ0n) is 15.2. The first-order valence-electron chi connectivity index (χ1n) is 8.21. The average Bonchev–Trinajstić information content (AvgIpc) is 2.66. The summed E-state index contributed by atoms with van der Waals surface area (Å²) in [5, 5.41) is 0. The molecule has 140 valence electrons. The molecule has 0 saturated heterocycles. The molecule has 27 heavy (non-hydrogen) atoms. The number of nitrogens with zero attached hydrogens (tertiary/aromatic N) is 3. The lowest BCUT2D eigenvalue weighted by Gasteiger charge is -2.12. The molecular formula is C19H19N3O4S. The van der Waals surface area contributed by atoms with E-state index in [-0.39, 0.29) is 17.1 Å². The third kappa shape index (κ3) is 3.96. The summed E-state index contributed by atoms with van der Waals surface area (Å²) in [6.45, 7) is 1.75. The molecule has 0 amide bonds. The first kappa shape index (κ1) is 18.9. The number of sulfonamides is 1. The third-order valence-electron chi connectivity index (χ3n) is 4.03. The zero-order chi connectivity index (χ0) is 19.6. The van der Waals surface area contributed by atoms with Crippen molar-refractivity contribution in [3.8, 4) is 0 Å². The zero-order valence-corrected chi connectivity index (χ0v) is 16.0. The number of benzene rings is 2. The molecule has 8 heteroatoms. The lowest BCUT2D eigenvalue weighted by molar-refractivity contribution is 0.0466. The van der Waals surface area contributed by atoms with Gasteiger partial charge < -0.3 is 4.74 Å². The third-order valence-corrected chi connectivity index (χ3v) is 5.84. The standard InChI is InChI=1S/C19H19N3O4S/c1-13-18(21-17-10-5-4-9-16(17)20-13)12-26-19(23)14-7-6-8-15(11-14)27(24,25)22(2)3/h4-11H,12H2,1-3H3. The number of hydrogen-bond acceptors (Lipinski definition) is 6. The predicted molar refractivity (Wildman–Crippen MR) is 101 cm³/mol. The van der Waals surface area contributed by atoms with Gasteiger partial charge in [0.25, 0.3) is 0 Å². The molecule has 7 nitrogen and oxygen atoms in total. The normalized spacial score (nSPS) is 11.7. The van der Waals surface area contributed by atoms with E-state index in [0.29, 0.717) is 16.9 Å². The maximum atomic E-state index is 12.4. The van der Waals surface area contributed by atoms with Gasteiger partial charge in [0.1, 0.15) is 6.61 Å². The second-order valence-corrected chi connectivity index (χ2v) is 8.29. The fraction of sp³-hybridized carbons (Fsp3) is 0.211. The molecule has 0 aliphatic heterocycles. The van der Waals surface area contributed by atoms with Crippen molar-refractivity contribution in [1.82, 2.24) is 14.3 Å². The van der Waals surface area contributed by atoms with Gasteiger partial charge in [0.15, 0.2) is 0 Å². The predicted octanol–water partition coefficient (Wildman–Crippen LogP) is 2.55. The van der Waals surface area contributed by atoms with E-state index in [9.17, 15) is 13.2 Å². The molecule has 0 unspecified atom stereocenters. The van der Waals surface area contributed by atoms with Gasteiger partial charge in [0.05, 0.1) is 32.9 Å². The van der Waals surface area contributed by atoms with Crippen LogP contribution in [0, 0.1) is 6.92 Å². The summed E-state index contributed by atoms with van der Waals surface area (Å²) in [5.41, 5.74) is 2.87. The molecule has 0 bridgehead atoms. The highest BCUT2D eigenvalue weighted by molar-refractivity contribution is 7.89. The van der Waals surface area contributed by atoms with E-state index < -0.39 is 16.0 Å². The number of ether oxygens (including phenoxy) is 1. The summed E-state index contributed by atoms with van der Waals surface area (Å²) in [7, 11) is -0.764. The minimum atomic E-state index is -3.63. The summed E-state index contributed by atoms with van der Waals surface area (Å²) < 4.78 is 30.8. The average molecular weight is 385 g/mol. The summed E-state index contributed by atoms with van der Waals surface area (Å²) in [4.78, 5) is 21.3. The molecule has 0 aliphatic carbocycles. The fourth-order valence-electron chi connectivity index (χ4n) is 2.47. The van der Waals surface area contributed by atoms with Crippen molar-refractivity contribution < 1.29 is 17.9 Å². The van der Waals surface area contributed by atoms with Crippen LogP contribution in [0.5, 0.6) is 0 Å². The lowest BCUT2D eigenvalue weighted by atomic mass is 10.2. The largest absolute Gasteiger partial charge is 0.456 e. The van der Waals surface area contributed by atoms with Crippen molar-refractivity contribution in [2.24, 2.45) is 0 Å². The van der Waals surface area contributed by atoms with Crippen LogP contribution >= 0.6 is 0 Å². The van der Waals surface area contributed by atoms with Crippen LogP contribution in [0.2, 0.25) is 0 Å². The van der Waals surface area contributed by atoms with Gasteiger partial charge in [-0.3, -0.25) is 0 Å². The second-order valence-electron chi connectivity index (χ2n) is 6.14.